The molecule has 3 rings (SSSR count). The predicted molar refractivity (Wildman–Crippen MR) is 76.5 cm³/mol. The molecule has 5 nitrogen and oxygen atoms in total. The molecule has 0 amide bonds. The second-order valence-corrected chi connectivity index (χ2v) is 5.16. The number of nitrogens with two attached hydrogens (primary N) is 1. The molecule has 1 saturated heterocycles. The van der Waals surface area contributed by atoms with Gasteiger partial charge in [-0.15, -0.1) is 0 Å². The Balaban J connectivity index is 1.69. The molecular formula is C15H18N2O3. The van der Waals surface area contributed by atoms with Crippen LogP contribution in [-0.4, -0.2) is 30.8 Å². The fourth-order valence-corrected chi connectivity index (χ4v) is 2.50. The summed E-state index contributed by atoms with van der Waals surface area (Å²) in [5.41, 5.74) is 7.80. The highest BCUT2D eigenvalue weighted by molar-refractivity contribution is 6.04. The molecular weight excluding hydrogens is 256 g/mol. The molecule has 1 aromatic carbocycles. The van der Waals surface area contributed by atoms with Crippen molar-refractivity contribution < 1.29 is 14.3 Å². The Hall–Kier alpha value is -2.01. The summed E-state index contributed by atoms with van der Waals surface area (Å²) in [6.45, 7) is 1.98. The van der Waals surface area contributed by atoms with Gasteiger partial charge in [0.25, 0.3) is 0 Å². The zero-order chi connectivity index (χ0) is 13.9. The summed E-state index contributed by atoms with van der Waals surface area (Å²) in [7, 11) is 0. The number of aromatic nitrogens is 1. The Morgan fingerprint density at radius 1 is 1.40 bits per heavy atom. The van der Waals surface area contributed by atoms with Gasteiger partial charge >= 0.3 is 5.97 Å². The van der Waals surface area contributed by atoms with Crippen molar-refractivity contribution >= 4 is 22.6 Å². The van der Waals surface area contributed by atoms with Crippen LogP contribution in [0.4, 0.5) is 5.69 Å². The van der Waals surface area contributed by atoms with Crippen molar-refractivity contribution in [1.29, 1.82) is 0 Å². The SMILES string of the molecule is Nc1ccc2c(C(=O)OCC3CCOCC3)c[nH]c2c1. The predicted octanol–water partition coefficient (Wildman–Crippen LogP) is 2.33. The molecule has 3 N–H and O–H groups in total. The molecule has 0 spiro atoms. The normalized spacial score (nSPS) is 16.4. The molecule has 0 unspecified atom stereocenters. The first-order valence-electron chi connectivity index (χ1n) is 6.85. The first kappa shape index (κ1) is 13.0. The van der Waals surface area contributed by atoms with Crippen molar-refractivity contribution in [3.05, 3.63) is 30.0 Å². The number of aromatic amines is 1. The molecule has 0 atom stereocenters. The largest absolute Gasteiger partial charge is 0.462 e. The van der Waals surface area contributed by atoms with Crippen LogP contribution in [0, 0.1) is 5.92 Å². The van der Waals surface area contributed by atoms with Crippen LogP contribution in [0.1, 0.15) is 23.2 Å². The van der Waals surface area contributed by atoms with Crippen molar-refractivity contribution in [3.63, 3.8) is 0 Å². The summed E-state index contributed by atoms with van der Waals surface area (Å²) in [6.07, 6.45) is 3.59. The summed E-state index contributed by atoms with van der Waals surface area (Å²) in [4.78, 5) is 15.2. The minimum atomic E-state index is -0.285. The van der Waals surface area contributed by atoms with E-state index in [1.165, 1.54) is 0 Å². The van der Waals surface area contributed by atoms with Gasteiger partial charge in [-0.2, -0.15) is 0 Å². The maximum atomic E-state index is 12.1. The number of nitrogens with one attached hydrogen (secondary N) is 1. The molecule has 0 aliphatic carbocycles. The summed E-state index contributed by atoms with van der Waals surface area (Å²) >= 11 is 0. The molecule has 1 aliphatic rings. The number of H-pyrrole nitrogens is 1. The number of carbonyl (C=O) groups is 1. The lowest BCUT2D eigenvalue weighted by atomic mass is 10.0. The fourth-order valence-electron chi connectivity index (χ4n) is 2.50. The smallest absolute Gasteiger partial charge is 0.340 e. The highest BCUT2D eigenvalue weighted by atomic mass is 16.5. The van der Waals surface area contributed by atoms with Gasteiger partial charge in [-0.1, -0.05) is 0 Å². The van der Waals surface area contributed by atoms with Crippen molar-refractivity contribution in [3.8, 4) is 0 Å². The quantitative estimate of drug-likeness (QED) is 0.665. The molecule has 2 aromatic rings. The van der Waals surface area contributed by atoms with E-state index in [1.54, 1.807) is 12.3 Å². The second-order valence-electron chi connectivity index (χ2n) is 5.16. The van der Waals surface area contributed by atoms with E-state index >= 15 is 0 Å². The van der Waals surface area contributed by atoms with Crippen LogP contribution < -0.4 is 5.73 Å². The number of rotatable bonds is 3. The maximum absolute atomic E-state index is 12.1. The van der Waals surface area contributed by atoms with Gasteiger partial charge in [-0.25, -0.2) is 4.79 Å². The second kappa shape index (κ2) is 5.54. The zero-order valence-corrected chi connectivity index (χ0v) is 11.2. The lowest BCUT2D eigenvalue weighted by Gasteiger charge is -2.21. The Morgan fingerprint density at radius 3 is 3.00 bits per heavy atom. The van der Waals surface area contributed by atoms with Crippen LogP contribution in [0.15, 0.2) is 24.4 Å². The van der Waals surface area contributed by atoms with E-state index in [0.29, 0.717) is 23.8 Å². The number of hydrogen-bond acceptors (Lipinski definition) is 4. The molecule has 106 valence electrons. The highest BCUT2D eigenvalue weighted by Crippen LogP contribution is 2.22. The van der Waals surface area contributed by atoms with Crippen LogP contribution in [0.5, 0.6) is 0 Å². The number of benzene rings is 1. The summed E-state index contributed by atoms with van der Waals surface area (Å²) in [6, 6.07) is 5.43. The zero-order valence-electron chi connectivity index (χ0n) is 11.2. The third kappa shape index (κ3) is 2.63. The lowest BCUT2D eigenvalue weighted by molar-refractivity contribution is 0.0187. The van der Waals surface area contributed by atoms with Crippen molar-refractivity contribution in [2.24, 2.45) is 5.92 Å². The van der Waals surface area contributed by atoms with Crippen LogP contribution >= 0.6 is 0 Å². The van der Waals surface area contributed by atoms with E-state index in [1.807, 2.05) is 12.1 Å². The average Bonchev–Trinajstić information content (AvgIpc) is 2.89. The van der Waals surface area contributed by atoms with Crippen molar-refractivity contribution in [1.82, 2.24) is 4.98 Å². The van der Waals surface area contributed by atoms with Crippen molar-refractivity contribution in [2.75, 3.05) is 25.6 Å². The Labute approximate surface area is 117 Å². The molecule has 5 heteroatoms. The van der Waals surface area contributed by atoms with Crippen LogP contribution in [0.3, 0.4) is 0 Å². The fraction of sp³-hybridized carbons (Fsp3) is 0.400. The van der Waals surface area contributed by atoms with E-state index < -0.39 is 0 Å². The number of carbonyl (C=O) groups excluding carboxylic acids is 1. The number of ether oxygens (including phenoxy) is 2. The van der Waals surface area contributed by atoms with Gasteiger partial charge < -0.3 is 20.2 Å². The summed E-state index contributed by atoms with van der Waals surface area (Å²) in [5.74, 6) is 0.126. The van der Waals surface area contributed by atoms with Gasteiger partial charge in [0.1, 0.15) is 0 Å². The number of esters is 1. The molecule has 1 aliphatic heterocycles. The number of fused-ring (bicyclic) bond motifs is 1. The molecule has 1 fully saturated rings. The van der Waals surface area contributed by atoms with E-state index in [0.717, 1.165) is 37.0 Å². The van der Waals surface area contributed by atoms with Crippen LogP contribution in [-0.2, 0) is 9.47 Å². The minimum Gasteiger partial charge on any atom is -0.462 e. The van der Waals surface area contributed by atoms with E-state index in [9.17, 15) is 4.79 Å². The molecule has 2 heterocycles. The van der Waals surface area contributed by atoms with Gasteiger partial charge in [0, 0.05) is 36.0 Å². The lowest BCUT2D eigenvalue weighted by Crippen LogP contribution is -2.21. The molecule has 0 radical (unpaired) electrons. The van der Waals surface area contributed by atoms with Gasteiger partial charge in [-0.3, -0.25) is 0 Å². The Kier molecular flexibility index (Phi) is 3.60. The highest BCUT2D eigenvalue weighted by Gasteiger charge is 2.18. The standard InChI is InChI=1S/C15H18N2O3/c16-11-1-2-12-13(8-17-14(12)7-11)15(18)20-9-10-3-5-19-6-4-10/h1-2,7-8,10,17H,3-6,9,16H2. The van der Waals surface area contributed by atoms with E-state index in [-0.39, 0.29) is 5.97 Å². The number of anilines is 1. The van der Waals surface area contributed by atoms with Crippen LogP contribution in [0.25, 0.3) is 10.9 Å². The summed E-state index contributed by atoms with van der Waals surface area (Å²) in [5, 5.41) is 0.844. The maximum Gasteiger partial charge on any atom is 0.340 e. The number of hydrogen-bond donors (Lipinski definition) is 2. The minimum absolute atomic E-state index is 0.285. The van der Waals surface area contributed by atoms with Crippen molar-refractivity contribution in [2.45, 2.75) is 12.8 Å². The molecule has 20 heavy (non-hydrogen) atoms. The van der Waals surface area contributed by atoms with Gasteiger partial charge in [0.15, 0.2) is 0 Å². The third-order valence-corrected chi connectivity index (χ3v) is 3.72. The third-order valence-electron chi connectivity index (χ3n) is 3.72. The van der Waals surface area contributed by atoms with Gasteiger partial charge in [0.2, 0.25) is 0 Å². The topological polar surface area (TPSA) is 77.3 Å². The molecule has 0 saturated carbocycles. The number of nitrogen functional groups attached to an aromatic ring is 1. The molecule has 1 aromatic heterocycles. The van der Waals surface area contributed by atoms with E-state index in [4.69, 9.17) is 15.2 Å². The summed E-state index contributed by atoms with van der Waals surface area (Å²) < 4.78 is 10.7. The Bertz CT molecular complexity index is 615. The van der Waals surface area contributed by atoms with E-state index in [2.05, 4.69) is 4.98 Å². The van der Waals surface area contributed by atoms with Gasteiger partial charge in [0.05, 0.1) is 12.2 Å². The van der Waals surface area contributed by atoms with Gasteiger partial charge in [-0.05, 0) is 37.0 Å². The average molecular weight is 274 g/mol. The van der Waals surface area contributed by atoms with Crippen LogP contribution in [0.2, 0.25) is 0 Å². The monoisotopic (exact) mass is 274 g/mol. The first-order valence-corrected chi connectivity index (χ1v) is 6.85. The molecule has 0 bridgehead atoms. The first-order chi connectivity index (χ1) is 9.74. The Morgan fingerprint density at radius 2 is 2.20 bits per heavy atom.